The van der Waals surface area contributed by atoms with Crippen molar-refractivity contribution in [3.8, 4) is 0 Å². The van der Waals surface area contributed by atoms with Gasteiger partial charge in [0.25, 0.3) is 0 Å². The minimum atomic E-state index is 0.593. The van der Waals surface area contributed by atoms with Crippen molar-refractivity contribution in [3.63, 3.8) is 0 Å². The Hall–Kier alpha value is -1.17. The van der Waals surface area contributed by atoms with Crippen molar-refractivity contribution in [2.45, 2.75) is 31.3 Å². The van der Waals surface area contributed by atoms with E-state index in [2.05, 4.69) is 33.6 Å². The maximum atomic E-state index is 5.79. The molecule has 3 heterocycles. The predicted molar refractivity (Wildman–Crippen MR) is 86.2 cm³/mol. The van der Waals surface area contributed by atoms with E-state index in [4.69, 9.17) is 5.73 Å². The van der Waals surface area contributed by atoms with E-state index < -0.39 is 0 Å². The van der Waals surface area contributed by atoms with Gasteiger partial charge in [-0.05, 0) is 57.5 Å². The predicted octanol–water partition coefficient (Wildman–Crippen LogP) is 0.478. The maximum absolute atomic E-state index is 5.79. The molecule has 116 valence electrons. The van der Waals surface area contributed by atoms with Crippen molar-refractivity contribution in [2.75, 3.05) is 39.0 Å². The molecule has 3 atom stereocenters. The van der Waals surface area contributed by atoms with E-state index >= 15 is 0 Å². The van der Waals surface area contributed by atoms with Crippen LogP contribution in [0, 0.1) is 5.92 Å². The number of nitrogens with two attached hydrogens (primary N) is 1. The third kappa shape index (κ3) is 3.73. The molecule has 4 N–H and O–H groups in total. The molecule has 0 aliphatic carbocycles. The Balaban J connectivity index is 1.59. The van der Waals surface area contributed by atoms with E-state index in [0.717, 1.165) is 31.7 Å². The Labute approximate surface area is 127 Å². The number of nitrogens with zero attached hydrogens (tertiary/aromatic N) is 2. The van der Waals surface area contributed by atoms with Gasteiger partial charge in [0.05, 0.1) is 0 Å². The number of hydrogen-bond acceptors (Lipinski definition) is 5. The fourth-order valence-corrected chi connectivity index (χ4v) is 3.72. The molecule has 0 amide bonds. The van der Waals surface area contributed by atoms with Gasteiger partial charge in [0.15, 0.2) is 0 Å². The zero-order valence-electron chi connectivity index (χ0n) is 12.9. The number of rotatable bonds is 5. The smallest absolute Gasteiger partial charge is 0.123 e. The van der Waals surface area contributed by atoms with Crippen molar-refractivity contribution in [1.82, 2.24) is 20.5 Å². The summed E-state index contributed by atoms with van der Waals surface area (Å²) in [6.45, 7) is 4.48. The summed E-state index contributed by atoms with van der Waals surface area (Å²) in [6, 6.07) is 7.20. The highest BCUT2D eigenvalue weighted by atomic mass is 15.2. The van der Waals surface area contributed by atoms with Gasteiger partial charge in [-0.25, -0.2) is 4.98 Å². The van der Waals surface area contributed by atoms with Crippen LogP contribution < -0.4 is 16.4 Å². The minimum Gasteiger partial charge on any atom is -0.384 e. The van der Waals surface area contributed by atoms with Crippen LogP contribution in [0.15, 0.2) is 18.2 Å². The average Bonchev–Trinajstić information content (AvgIpc) is 3.10. The molecule has 2 aliphatic rings. The molecule has 0 aromatic carbocycles. The number of aromatic nitrogens is 1. The molecule has 2 fully saturated rings. The van der Waals surface area contributed by atoms with Crippen LogP contribution in [-0.4, -0.2) is 55.2 Å². The van der Waals surface area contributed by atoms with Crippen LogP contribution in [0.3, 0.4) is 0 Å². The van der Waals surface area contributed by atoms with Gasteiger partial charge in [-0.3, -0.25) is 0 Å². The lowest BCUT2D eigenvalue weighted by Crippen LogP contribution is -2.44. The first-order valence-corrected chi connectivity index (χ1v) is 8.08. The molecule has 2 aliphatic heterocycles. The topological polar surface area (TPSA) is 66.2 Å². The second-order valence-corrected chi connectivity index (χ2v) is 6.48. The molecule has 2 saturated heterocycles. The second kappa shape index (κ2) is 6.73. The Morgan fingerprint density at radius 1 is 1.38 bits per heavy atom. The zero-order valence-corrected chi connectivity index (χ0v) is 12.9. The number of likely N-dealkylation sites (N-methyl/N-ethyl adjacent to an activating group) is 1. The van der Waals surface area contributed by atoms with Crippen molar-refractivity contribution in [3.05, 3.63) is 23.9 Å². The van der Waals surface area contributed by atoms with Gasteiger partial charge in [-0.15, -0.1) is 0 Å². The van der Waals surface area contributed by atoms with E-state index in [1.165, 1.54) is 19.4 Å². The molecule has 0 unspecified atom stereocenters. The molecular weight excluding hydrogens is 262 g/mol. The van der Waals surface area contributed by atoms with Gasteiger partial charge in [0.1, 0.15) is 5.82 Å². The molecule has 0 bridgehead atoms. The second-order valence-electron chi connectivity index (χ2n) is 6.48. The Kier molecular flexibility index (Phi) is 4.73. The summed E-state index contributed by atoms with van der Waals surface area (Å²) in [5, 5.41) is 7.13. The van der Waals surface area contributed by atoms with E-state index in [9.17, 15) is 0 Å². The SMILES string of the molecule is CN(C[C@H]1CCCN1)[C@@H]1CNC[C@@H]1Cc1cccc(N)n1. The Bertz CT molecular complexity index is 458. The van der Waals surface area contributed by atoms with Gasteiger partial charge in [-0.1, -0.05) is 6.07 Å². The molecular formula is C16H27N5. The highest BCUT2D eigenvalue weighted by Crippen LogP contribution is 2.20. The summed E-state index contributed by atoms with van der Waals surface area (Å²) in [5.74, 6) is 1.24. The molecule has 5 nitrogen and oxygen atoms in total. The van der Waals surface area contributed by atoms with Crippen LogP contribution in [-0.2, 0) is 6.42 Å². The Morgan fingerprint density at radius 3 is 3.05 bits per heavy atom. The molecule has 0 saturated carbocycles. The Morgan fingerprint density at radius 2 is 2.29 bits per heavy atom. The third-order valence-electron chi connectivity index (χ3n) is 4.84. The lowest BCUT2D eigenvalue weighted by Gasteiger charge is -2.31. The number of anilines is 1. The molecule has 1 aromatic heterocycles. The van der Waals surface area contributed by atoms with Crippen LogP contribution in [0.5, 0.6) is 0 Å². The first-order chi connectivity index (χ1) is 10.2. The standard InChI is InChI=1S/C16H27N5/c1-21(11-14-5-3-7-19-14)15-10-18-9-12(15)8-13-4-2-6-16(17)20-13/h2,4,6,12,14-15,18-19H,3,5,7-11H2,1H3,(H2,17,20)/t12-,14+,15+/m0/s1. The van der Waals surface area contributed by atoms with Crippen LogP contribution in [0.25, 0.3) is 0 Å². The monoisotopic (exact) mass is 289 g/mol. The van der Waals surface area contributed by atoms with E-state index in [0.29, 0.717) is 23.8 Å². The van der Waals surface area contributed by atoms with Crippen molar-refractivity contribution in [1.29, 1.82) is 0 Å². The normalized spacial score (nSPS) is 29.3. The van der Waals surface area contributed by atoms with Crippen molar-refractivity contribution in [2.24, 2.45) is 5.92 Å². The van der Waals surface area contributed by atoms with Crippen molar-refractivity contribution < 1.29 is 0 Å². The van der Waals surface area contributed by atoms with Gasteiger partial charge in [-0.2, -0.15) is 0 Å². The summed E-state index contributed by atoms with van der Waals surface area (Å²) in [6.07, 6.45) is 3.63. The summed E-state index contributed by atoms with van der Waals surface area (Å²) < 4.78 is 0. The lowest BCUT2D eigenvalue weighted by atomic mass is 9.96. The number of hydrogen-bond donors (Lipinski definition) is 3. The minimum absolute atomic E-state index is 0.593. The molecule has 21 heavy (non-hydrogen) atoms. The van der Waals surface area contributed by atoms with Gasteiger partial charge in [0.2, 0.25) is 0 Å². The van der Waals surface area contributed by atoms with E-state index in [-0.39, 0.29) is 0 Å². The fourth-order valence-electron chi connectivity index (χ4n) is 3.72. The zero-order chi connectivity index (χ0) is 14.7. The summed E-state index contributed by atoms with van der Waals surface area (Å²) in [5.41, 5.74) is 6.90. The lowest BCUT2D eigenvalue weighted by molar-refractivity contribution is 0.194. The van der Waals surface area contributed by atoms with Gasteiger partial charge < -0.3 is 21.3 Å². The molecule has 5 heteroatoms. The third-order valence-corrected chi connectivity index (χ3v) is 4.84. The highest BCUT2D eigenvalue weighted by molar-refractivity contribution is 5.29. The van der Waals surface area contributed by atoms with Crippen LogP contribution in [0.1, 0.15) is 18.5 Å². The van der Waals surface area contributed by atoms with Gasteiger partial charge in [0, 0.05) is 30.9 Å². The number of nitrogen functional groups attached to an aromatic ring is 1. The summed E-state index contributed by atoms with van der Waals surface area (Å²) >= 11 is 0. The van der Waals surface area contributed by atoms with Crippen LogP contribution >= 0.6 is 0 Å². The average molecular weight is 289 g/mol. The maximum Gasteiger partial charge on any atom is 0.123 e. The van der Waals surface area contributed by atoms with E-state index in [1.54, 1.807) is 0 Å². The first kappa shape index (κ1) is 14.8. The molecule has 0 spiro atoms. The van der Waals surface area contributed by atoms with Crippen molar-refractivity contribution >= 4 is 5.82 Å². The highest BCUT2D eigenvalue weighted by Gasteiger charge is 2.31. The molecule has 0 radical (unpaired) electrons. The summed E-state index contributed by atoms with van der Waals surface area (Å²) in [7, 11) is 2.26. The van der Waals surface area contributed by atoms with Gasteiger partial charge >= 0.3 is 0 Å². The van der Waals surface area contributed by atoms with Crippen LogP contribution in [0.4, 0.5) is 5.82 Å². The number of pyridine rings is 1. The fraction of sp³-hybridized carbons (Fsp3) is 0.688. The first-order valence-electron chi connectivity index (χ1n) is 8.08. The summed E-state index contributed by atoms with van der Waals surface area (Å²) in [4.78, 5) is 6.98. The van der Waals surface area contributed by atoms with E-state index in [1.807, 2.05) is 12.1 Å². The quantitative estimate of drug-likeness (QED) is 0.736. The molecule has 3 rings (SSSR count). The largest absolute Gasteiger partial charge is 0.384 e. The van der Waals surface area contributed by atoms with Crippen LogP contribution in [0.2, 0.25) is 0 Å². The number of nitrogens with one attached hydrogen (secondary N) is 2. The molecule has 1 aromatic rings.